The second-order valence-electron chi connectivity index (χ2n) is 2.65. The molecule has 0 radical (unpaired) electrons. The molecule has 1 aromatic heterocycles. The van der Waals surface area contributed by atoms with Crippen LogP contribution >= 0.6 is 11.3 Å². The summed E-state index contributed by atoms with van der Waals surface area (Å²) in [6.45, 7) is 5.27. The molecule has 2 N–H and O–H groups in total. The van der Waals surface area contributed by atoms with Gasteiger partial charge in [-0.15, -0.1) is 11.3 Å². The first kappa shape index (κ1) is 13.3. The van der Waals surface area contributed by atoms with Gasteiger partial charge in [-0.3, -0.25) is 4.79 Å². The molecule has 0 bridgehead atoms. The summed E-state index contributed by atoms with van der Waals surface area (Å²) in [5, 5.41) is 0. The van der Waals surface area contributed by atoms with Gasteiger partial charge in [0.2, 0.25) is 0 Å². The molecule has 0 unspecified atom stereocenters. The molecule has 0 aliphatic carbocycles. The SMILES string of the molecule is CCOC.Cc1cc(C=O)sc1CN. The van der Waals surface area contributed by atoms with Crippen LogP contribution in [0.1, 0.15) is 27.0 Å². The van der Waals surface area contributed by atoms with E-state index in [0.717, 1.165) is 28.2 Å². The molecule has 0 spiro atoms. The number of ether oxygens (including phenoxy) is 1. The number of methoxy groups -OCH3 is 1. The Bertz CT molecular complexity index is 269. The quantitative estimate of drug-likeness (QED) is 0.784. The van der Waals surface area contributed by atoms with Crippen molar-refractivity contribution >= 4 is 17.6 Å². The second-order valence-corrected chi connectivity index (χ2v) is 3.82. The van der Waals surface area contributed by atoms with E-state index in [-0.39, 0.29) is 0 Å². The minimum Gasteiger partial charge on any atom is -0.385 e. The smallest absolute Gasteiger partial charge is 0.160 e. The van der Waals surface area contributed by atoms with E-state index >= 15 is 0 Å². The molecule has 3 nitrogen and oxygen atoms in total. The first-order chi connectivity index (χ1) is 6.69. The van der Waals surface area contributed by atoms with Gasteiger partial charge in [0.25, 0.3) is 0 Å². The van der Waals surface area contributed by atoms with Crippen molar-refractivity contribution in [3.8, 4) is 0 Å². The number of hydrogen-bond acceptors (Lipinski definition) is 4. The van der Waals surface area contributed by atoms with Gasteiger partial charge in [0, 0.05) is 25.1 Å². The maximum atomic E-state index is 10.3. The fourth-order valence-corrected chi connectivity index (χ4v) is 1.68. The largest absolute Gasteiger partial charge is 0.385 e. The summed E-state index contributed by atoms with van der Waals surface area (Å²) in [6, 6.07) is 1.86. The molecule has 0 fully saturated rings. The molecule has 0 saturated carbocycles. The van der Waals surface area contributed by atoms with Crippen LogP contribution in [0.5, 0.6) is 0 Å². The molecule has 14 heavy (non-hydrogen) atoms. The van der Waals surface area contributed by atoms with Crippen LogP contribution in [0, 0.1) is 6.92 Å². The third kappa shape index (κ3) is 4.50. The van der Waals surface area contributed by atoms with Crippen molar-refractivity contribution in [1.29, 1.82) is 0 Å². The predicted octanol–water partition coefficient (Wildman–Crippen LogP) is 1.98. The lowest BCUT2D eigenvalue weighted by atomic mass is 10.3. The Morgan fingerprint density at radius 2 is 2.21 bits per heavy atom. The number of aryl methyl sites for hydroxylation is 1. The number of aldehydes is 1. The van der Waals surface area contributed by atoms with Gasteiger partial charge in [-0.25, -0.2) is 0 Å². The van der Waals surface area contributed by atoms with E-state index in [4.69, 9.17) is 5.73 Å². The number of carbonyl (C=O) groups excluding carboxylic acids is 1. The van der Waals surface area contributed by atoms with E-state index in [9.17, 15) is 4.79 Å². The highest BCUT2D eigenvalue weighted by molar-refractivity contribution is 7.13. The molecule has 0 amide bonds. The molecule has 1 rings (SSSR count). The van der Waals surface area contributed by atoms with Crippen molar-refractivity contribution in [2.75, 3.05) is 13.7 Å². The van der Waals surface area contributed by atoms with Gasteiger partial charge < -0.3 is 10.5 Å². The molecule has 0 aliphatic rings. The Morgan fingerprint density at radius 1 is 1.64 bits per heavy atom. The molecular formula is C10H17NO2S. The Balaban J connectivity index is 0.000000364. The highest BCUT2D eigenvalue weighted by Gasteiger charge is 2.01. The van der Waals surface area contributed by atoms with E-state index in [1.165, 1.54) is 11.3 Å². The zero-order valence-corrected chi connectivity index (χ0v) is 9.69. The highest BCUT2D eigenvalue weighted by atomic mass is 32.1. The molecule has 0 aromatic carbocycles. The van der Waals surface area contributed by atoms with E-state index in [1.54, 1.807) is 7.11 Å². The number of rotatable bonds is 3. The molecular weight excluding hydrogens is 198 g/mol. The summed E-state index contributed by atoms with van der Waals surface area (Å²) in [5.74, 6) is 0. The molecule has 80 valence electrons. The normalized spacial score (nSPS) is 9.14. The van der Waals surface area contributed by atoms with Gasteiger partial charge >= 0.3 is 0 Å². The summed E-state index contributed by atoms with van der Waals surface area (Å²) < 4.78 is 4.54. The van der Waals surface area contributed by atoms with Crippen LogP contribution in [-0.2, 0) is 11.3 Å². The van der Waals surface area contributed by atoms with Crippen molar-refractivity contribution in [2.24, 2.45) is 5.73 Å². The lowest BCUT2D eigenvalue weighted by molar-refractivity contribution is 0.112. The Morgan fingerprint density at radius 3 is 2.43 bits per heavy atom. The predicted molar refractivity (Wildman–Crippen MR) is 59.9 cm³/mol. The molecule has 0 aliphatic heterocycles. The third-order valence-corrected chi connectivity index (χ3v) is 2.81. The topological polar surface area (TPSA) is 52.3 Å². The summed E-state index contributed by atoms with van der Waals surface area (Å²) >= 11 is 1.47. The standard InChI is InChI=1S/C7H9NOS.C3H8O/c1-5-2-6(4-9)10-7(5)3-8;1-3-4-2/h2,4H,3,8H2,1H3;3H2,1-2H3. The summed E-state index contributed by atoms with van der Waals surface area (Å²) in [4.78, 5) is 12.1. The van der Waals surface area contributed by atoms with E-state index in [0.29, 0.717) is 6.54 Å². The Kier molecular flexibility index (Phi) is 7.28. The average Bonchev–Trinajstić information content (AvgIpc) is 2.59. The fourth-order valence-electron chi connectivity index (χ4n) is 0.807. The molecule has 1 heterocycles. The van der Waals surface area contributed by atoms with Gasteiger partial charge in [0.05, 0.1) is 4.88 Å². The van der Waals surface area contributed by atoms with Crippen LogP contribution in [-0.4, -0.2) is 20.0 Å². The van der Waals surface area contributed by atoms with E-state index in [2.05, 4.69) is 4.74 Å². The number of carbonyl (C=O) groups is 1. The fraction of sp³-hybridized carbons (Fsp3) is 0.500. The zero-order chi connectivity index (χ0) is 11.0. The Hall–Kier alpha value is -0.710. The summed E-state index contributed by atoms with van der Waals surface area (Å²) in [7, 11) is 1.68. The molecule has 0 saturated heterocycles. The van der Waals surface area contributed by atoms with Crippen LogP contribution in [0.2, 0.25) is 0 Å². The first-order valence-electron chi connectivity index (χ1n) is 4.43. The van der Waals surface area contributed by atoms with Crippen molar-refractivity contribution in [1.82, 2.24) is 0 Å². The monoisotopic (exact) mass is 215 g/mol. The Labute approximate surface area is 88.9 Å². The maximum Gasteiger partial charge on any atom is 0.160 e. The van der Waals surface area contributed by atoms with E-state index < -0.39 is 0 Å². The summed E-state index contributed by atoms with van der Waals surface area (Å²) in [6.07, 6.45) is 0.858. The van der Waals surface area contributed by atoms with Crippen molar-refractivity contribution in [3.05, 3.63) is 21.4 Å². The van der Waals surface area contributed by atoms with Crippen LogP contribution < -0.4 is 5.73 Å². The van der Waals surface area contributed by atoms with Crippen LogP contribution in [0.15, 0.2) is 6.07 Å². The van der Waals surface area contributed by atoms with Crippen LogP contribution in [0.25, 0.3) is 0 Å². The van der Waals surface area contributed by atoms with Crippen molar-refractivity contribution in [2.45, 2.75) is 20.4 Å². The van der Waals surface area contributed by atoms with Gasteiger partial charge in [0.15, 0.2) is 6.29 Å². The van der Waals surface area contributed by atoms with Crippen molar-refractivity contribution < 1.29 is 9.53 Å². The van der Waals surface area contributed by atoms with Gasteiger partial charge in [-0.1, -0.05) is 0 Å². The maximum absolute atomic E-state index is 10.3. The third-order valence-electron chi connectivity index (χ3n) is 1.63. The first-order valence-corrected chi connectivity index (χ1v) is 5.24. The van der Waals surface area contributed by atoms with Gasteiger partial charge in [0.1, 0.15) is 0 Å². The van der Waals surface area contributed by atoms with E-state index in [1.807, 2.05) is 19.9 Å². The zero-order valence-electron chi connectivity index (χ0n) is 8.87. The lowest BCUT2D eigenvalue weighted by Gasteiger charge is -1.88. The van der Waals surface area contributed by atoms with Crippen LogP contribution in [0.3, 0.4) is 0 Å². The molecule has 1 aromatic rings. The minimum atomic E-state index is 0.532. The molecule has 4 heteroatoms. The molecule has 0 atom stereocenters. The number of thiophene rings is 1. The van der Waals surface area contributed by atoms with Gasteiger partial charge in [-0.2, -0.15) is 0 Å². The highest BCUT2D eigenvalue weighted by Crippen LogP contribution is 2.19. The average molecular weight is 215 g/mol. The van der Waals surface area contributed by atoms with Crippen molar-refractivity contribution in [3.63, 3.8) is 0 Å². The lowest BCUT2D eigenvalue weighted by Crippen LogP contribution is -1.93. The second kappa shape index (κ2) is 7.67. The summed E-state index contributed by atoms with van der Waals surface area (Å²) in [5.41, 5.74) is 6.53. The number of nitrogens with two attached hydrogens (primary N) is 1. The van der Waals surface area contributed by atoms with Crippen LogP contribution in [0.4, 0.5) is 0 Å². The van der Waals surface area contributed by atoms with Gasteiger partial charge in [-0.05, 0) is 25.5 Å². The number of hydrogen-bond donors (Lipinski definition) is 1. The minimum absolute atomic E-state index is 0.532.